The molecule has 80 valence electrons. The predicted molar refractivity (Wildman–Crippen MR) is 71.6 cm³/mol. The first-order valence-electron chi connectivity index (χ1n) is 4.79. The molecule has 0 spiro atoms. The Balaban J connectivity index is 3.38. The Kier molecular flexibility index (Phi) is 5.06. The van der Waals surface area contributed by atoms with Gasteiger partial charge in [0.2, 0.25) is 0 Å². The Hall–Kier alpha value is -0.600. The van der Waals surface area contributed by atoms with E-state index in [1.165, 1.54) is 5.22 Å². The van der Waals surface area contributed by atoms with Crippen LogP contribution in [-0.2, 0) is 0 Å². The van der Waals surface area contributed by atoms with Crippen LogP contribution in [0, 0.1) is 0 Å². The van der Waals surface area contributed by atoms with Crippen molar-refractivity contribution < 1.29 is 0 Å². The van der Waals surface area contributed by atoms with Crippen LogP contribution < -0.4 is 10.4 Å². The van der Waals surface area contributed by atoms with Crippen molar-refractivity contribution >= 4 is 45.0 Å². The summed E-state index contributed by atoms with van der Waals surface area (Å²) in [5, 5.41) is 2.80. The first-order chi connectivity index (χ1) is 7.13. The van der Waals surface area contributed by atoms with Crippen LogP contribution in [0.25, 0.3) is 12.3 Å². The Morgan fingerprint density at radius 3 is 2.80 bits per heavy atom. The largest absolute Gasteiger partial charge is 0.249 e. The summed E-state index contributed by atoms with van der Waals surface area (Å²) in [5.74, 6) is 0. The minimum Gasteiger partial charge on any atom is -0.249 e. The van der Waals surface area contributed by atoms with Crippen molar-refractivity contribution in [3.05, 3.63) is 33.1 Å². The van der Waals surface area contributed by atoms with E-state index < -0.39 is 0 Å². The van der Waals surface area contributed by atoms with Gasteiger partial charge in [0, 0.05) is 15.9 Å². The van der Waals surface area contributed by atoms with Crippen molar-refractivity contribution in [2.75, 3.05) is 0 Å². The van der Waals surface area contributed by atoms with Crippen LogP contribution in [0.4, 0.5) is 0 Å². The molecule has 1 nitrogen and oxygen atoms in total. The summed E-state index contributed by atoms with van der Waals surface area (Å²) in [5.41, 5.74) is 0. The zero-order chi connectivity index (χ0) is 11.3. The summed E-state index contributed by atoms with van der Waals surface area (Å²) in [6.45, 7) is 3.88. The van der Waals surface area contributed by atoms with Gasteiger partial charge in [-0.1, -0.05) is 46.6 Å². The summed E-state index contributed by atoms with van der Waals surface area (Å²) >= 11 is 9.13. The van der Waals surface area contributed by atoms with Gasteiger partial charge in [0.05, 0.1) is 0 Å². The van der Waals surface area contributed by atoms with Crippen molar-refractivity contribution in [1.82, 2.24) is 0 Å². The number of hydrogen-bond acceptors (Lipinski definition) is 1. The smallest absolute Gasteiger partial charge is 0.103 e. The number of aliphatic imine (C=N–C) groups is 1. The van der Waals surface area contributed by atoms with Crippen LogP contribution in [-0.4, -0.2) is 5.17 Å². The minimum absolute atomic E-state index is 0.539. The van der Waals surface area contributed by atoms with E-state index in [1.54, 1.807) is 13.1 Å². The molecule has 0 heterocycles. The third-order valence-corrected chi connectivity index (χ3v) is 2.45. The summed E-state index contributed by atoms with van der Waals surface area (Å²) < 4.78 is 1.05. The van der Waals surface area contributed by atoms with Crippen LogP contribution >= 0.6 is 27.5 Å². The lowest BCUT2D eigenvalue weighted by Gasteiger charge is -1.92. The van der Waals surface area contributed by atoms with Crippen LogP contribution in [0.1, 0.15) is 20.3 Å². The summed E-state index contributed by atoms with van der Waals surface area (Å²) in [7, 11) is 0. The second-order valence-corrected chi connectivity index (χ2v) is 4.60. The number of rotatable bonds is 2. The SMILES string of the molecule is CC/C=c1\ccc(Br)c\c1=C\N=C(C)Cl. The van der Waals surface area contributed by atoms with E-state index in [2.05, 4.69) is 40.0 Å². The molecule has 1 rings (SSSR count). The van der Waals surface area contributed by atoms with E-state index in [9.17, 15) is 0 Å². The second kappa shape index (κ2) is 6.09. The van der Waals surface area contributed by atoms with Gasteiger partial charge in [-0.25, -0.2) is 4.99 Å². The van der Waals surface area contributed by atoms with Gasteiger partial charge in [0.1, 0.15) is 5.17 Å². The molecule has 0 aromatic heterocycles. The lowest BCUT2D eigenvalue weighted by molar-refractivity contribution is 1.28. The molecule has 0 fully saturated rings. The van der Waals surface area contributed by atoms with Gasteiger partial charge in [-0.3, -0.25) is 0 Å². The molecule has 1 aromatic carbocycles. The van der Waals surface area contributed by atoms with Gasteiger partial charge in [-0.15, -0.1) is 0 Å². The Bertz CT molecular complexity index is 473. The van der Waals surface area contributed by atoms with Gasteiger partial charge < -0.3 is 0 Å². The molecule has 0 atom stereocenters. The zero-order valence-corrected chi connectivity index (χ0v) is 11.1. The molecule has 0 aliphatic rings. The zero-order valence-electron chi connectivity index (χ0n) is 8.80. The van der Waals surface area contributed by atoms with Crippen LogP contribution in [0.2, 0.25) is 0 Å². The third kappa shape index (κ3) is 4.18. The molecule has 0 unspecified atom stereocenters. The molecule has 0 N–H and O–H groups in total. The summed E-state index contributed by atoms with van der Waals surface area (Å²) in [6.07, 6.45) is 4.96. The fraction of sp³-hybridized carbons (Fsp3) is 0.250. The molecule has 0 bridgehead atoms. The van der Waals surface area contributed by atoms with E-state index in [4.69, 9.17) is 11.6 Å². The van der Waals surface area contributed by atoms with Crippen molar-refractivity contribution in [2.24, 2.45) is 4.99 Å². The lowest BCUT2D eigenvalue weighted by atomic mass is 10.2. The van der Waals surface area contributed by atoms with Gasteiger partial charge in [0.15, 0.2) is 0 Å². The molecule has 15 heavy (non-hydrogen) atoms. The highest BCUT2D eigenvalue weighted by molar-refractivity contribution is 9.10. The normalized spacial score (nSPS) is 14.8. The van der Waals surface area contributed by atoms with E-state index in [-0.39, 0.29) is 0 Å². The first-order valence-corrected chi connectivity index (χ1v) is 5.96. The average molecular weight is 287 g/mol. The molecular weight excluding hydrogens is 273 g/mol. The van der Waals surface area contributed by atoms with Gasteiger partial charge in [-0.2, -0.15) is 0 Å². The Labute approximate surface area is 103 Å². The van der Waals surface area contributed by atoms with Gasteiger partial charge >= 0.3 is 0 Å². The molecule has 0 radical (unpaired) electrons. The Morgan fingerprint density at radius 1 is 1.47 bits per heavy atom. The lowest BCUT2D eigenvalue weighted by Crippen LogP contribution is -2.23. The van der Waals surface area contributed by atoms with Crippen LogP contribution in [0.5, 0.6) is 0 Å². The highest BCUT2D eigenvalue weighted by Crippen LogP contribution is 2.01. The second-order valence-electron chi connectivity index (χ2n) is 3.14. The number of hydrogen-bond donors (Lipinski definition) is 0. The minimum atomic E-state index is 0.539. The number of benzene rings is 1. The topological polar surface area (TPSA) is 12.4 Å². The maximum Gasteiger partial charge on any atom is 0.103 e. The van der Waals surface area contributed by atoms with E-state index in [1.807, 2.05) is 12.1 Å². The monoisotopic (exact) mass is 285 g/mol. The van der Waals surface area contributed by atoms with Gasteiger partial charge in [0.25, 0.3) is 0 Å². The molecule has 0 amide bonds. The molecule has 0 saturated heterocycles. The Morgan fingerprint density at radius 2 is 2.20 bits per heavy atom. The summed E-state index contributed by atoms with van der Waals surface area (Å²) in [6, 6.07) is 6.12. The van der Waals surface area contributed by atoms with E-state index in [0.29, 0.717) is 5.17 Å². The average Bonchev–Trinajstić information content (AvgIpc) is 2.18. The van der Waals surface area contributed by atoms with Crippen LogP contribution in [0.15, 0.2) is 27.7 Å². The quantitative estimate of drug-likeness (QED) is 0.741. The molecule has 0 aliphatic carbocycles. The van der Waals surface area contributed by atoms with Crippen LogP contribution in [0.3, 0.4) is 0 Å². The molecular formula is C12H13BrClN. The maximum absolute atomic E-state index is 5.69. The van der Waals surface area contributed by atoms with E-state index >= 15 is 0 Å². The maximum atomic E-state index is 5.69. The highest BCUT2D eigenvalue weighted by atomic mass is 79.9. The molecule has 0 saturated carbocycles. The van der Waals surface area contributed by atoms with Gasteiger partial charge in [-0.05, 0) is 30.7 Å². The standard InChI is InChI=1S/C12H13BrClN/c1-3-4-10-5-6-12(13)7-11(10)8-15-9(2)14/h4-8H,3H2,1-2H3/b10-4+,11-8-,15-9?. The fourth-order valence-electron chi connectivity index (χ4n) is 1.22. The third-order valence-electron chi connectivity index (χ3n) is 1.85. The number of nitrogens with zero attached hydrogens (tertiary/aromatic N) is 1. The van der Waals surface area contributed by atoms with E-state index in [0.717, 1.165) is 16.1 Å². The fourth-order valence-corrected chi connectivity index (χ4v) is 1.65. The molecule has 0 aliphatic heterocycles. The van der Waals surface area contributed by atoms with Crippen molar-refractivity contribution in [2.45, 2.75) is 20.3 Å². The molecule has 1 aromatic rings. The highest BCUT2D eigenvalue weighted by Gasteiger charge is 1.88. The van der Waals surface area contributed by atoms with Crippen molar-refractivity contribution in [3.63, 3.8) is 0 Å². The van der Waals surface area contributed by atoms with Crippen molar-refractivity contribution in [1.29, 1.82) is 0 Å². The first kappa shape index (κ1) is 12.5. The molecule has 3 heteroatoms. The predicted octanol–water partition coefficient (Wildman–Crippen LogP) is 3.03. The van der Waals surface area contributed by atoms with Crippen molar-refractivity contribution in [3.8, 4) is 0 Å². The number of halogens is 2. The summed E-state index contributed by atoms with van der Waals surface area (Å²) in [4.78, 5) is 4.10.